The number of hydrogen-bond donors (Lipinski definition) is 0. The highest BCUT2D eigenvalue weighted by atomic mass is 19.4. The molecule has 0 amide bonds. The molecule has 3 heteroatoms. The van der Waals surface area contributed by atoms with Crippen molar-refractivity contribution < 1.29 is 13.2 Å². The van der Waals surface area contributed by atoms with Crippen LogP contribution in [0.15, 0.2) is 42.5 Å². The minimum Gasteiger partial charge on any atom is -0.166 e. The fourth-order valence-corrected chi connectivity index (χ4v) is 2.10. The molecule has 0 aromatic heterocycles. The monoisotopic (exact) mass is 277 g/mol. The molecule has 0 atom stereocenters. The van der Waals surface area contributed by atoms with Crippen LogP contribution in [-0.2, 0) is 12.6 Å². The molecule has 105 valence electrons. The Balaban J connectivity index is 2.44. The van der Waals surface area contributed by atoms with Crippen LogP contribution in [0.25, 0.3) is 0 Å². The Hall–Kier alpha value is -1.77. The van der Waals surface area contributed by atoms with Gasteiger partial charge in [-0.15, -0.1) is 0 Å². The highest BCUT2D eigenvalue weighted by molar-refractivity contribution is 5.37. The van der Waals surface area contributed by atoms with Gasteiger partial charge in [-0.3, -0.25) is 0 Å². The Morgan fingerprint density at radius 2 is 1.65 bits per heavy atom. The Bertz CT molecular complexity index is 569. The Labute approximate surface area is 117 Å². The van der Waals surface area contributed by atoms with Crippen molar-refractivity contribution in [2.45, 2.75) is 32.4 Å². The normalized spacial score (nSPS) is 11.9. The fourth-order valence-electron chi connectivity index (χ4n) is 2.10. The predicted octanol–water partition coefficient (Wildman–Crippen LogP) is 5.22. The maximum atomic E-state index is 13.1. The van der Waals surface area contributed by atoms with Gasteiger partial charge in [-0.2, -0.15) is 13.2 Å². The third-order valence-corrected chi connectivity index (χ3v) is 3.20. The van der Waals surface area contributed by atoms with Gasteiger partial charge in [0.25, 0.3) is 0 Å². The lowest BCUT2D eigenvalue weighted by molar-refractivity contribution is -0.138. The van der Waals surface area contributed by atoms with Crippen molar-refractivity contribution in [1.29, 1.82) is 0 Å². The van der Waals surface area contributed by atoms with Crippen LogP contribution in [0.3, 0.4) is 0 Å². The maximum absolute atomic E-state index is 13.1. The van der Waals surface area contributed by atoms with E-state index in [1.54, 1.807) is 0 Å². The van der Waals surface area contributed by atoms with Crippen LogP contribution in [0.4, 0.5) is 13.2 Å². The summed E-state index contributed by atoms with van der Waals surface area (Å²) in [6, 6.07) is 14.8. The van der Waals surface area contributed by atoms with Gasteiger partial charge in [0.05, 0.1) is 5.56 Å². The summed E-state index contributed by atoms with van der Waals surface area (Å²) in [5.41, 5.74) is 1.29. The summed E-state index contributed by atoms with van der Waals surface area (Å²) in [6.45, 7) is 3.90. The topological polar surface area (TPSA) is 0 Å². The highest BCUT2D eigenvalue weighted by Gasteiger charge is 2.33. The molecule has 2 aromatic carbocycles. The molecule has 1 radical (unpaired) electrons. The quantitative estimate of drug-likeness (QED) is 0.721. The summed E-state index contributed by atoms with van der Waals surface area (Å²) in [7, 11) is 0. The van der Waals surface area contributed by atoms with Crippen molar-refractivity contribution in [2.75, 3.05) is 0 Å². The molecule has 0 unspecified atom stereocenters. The van der Waals surface area contributed by atoms with E-state index in [4.69, 9.17) is 0 Å². The van der Waals surface area contributed by atoms with Gasteiger partial charge in [-0.1, -0.05) is 50.2 Å². The van der Waals surface area contributed by atoms with Crippen LogP contribution in [-0.4, -0.2) is 0 Å². The molecular weight excluding hydrogens is 261 g/mol. The number of rotatable bonds is 3. The van der Waals surface area contributed by atoms with E-state index in [1.165, 1.54) is 12.1 Å². The second-order valence-corrected chi connectivity index (χ2v) is 5.12. The predicted molar refractivity (Wildman–Crippen MR) is 73.6 cm³/mol. The lowest BCUT2D eigenvalue weighted by Gasteiger charge is -2.15. The average molecular weight is 277 g/mol. The first-order valence-electron chi connectivity index (χ1n) is 6.54. The largest absolute Gasteiger partial charge is 0.416 e. The molecule has 0 bridgehead atoms. The molecule has 2 rings (SSSR count). The Morgan fingerprint density at radius 3 is 2.20 bits per heavy atom. The van der Waals surface area contributed by atoms with E-state index in [0.29, 0.717) is 0 Å². The summed E-state index contributed by atoms with van der Waals surface area (Å²) in [5, 5.41) is 0. The first kappa shape index (κ1) is 14.6. The molecule has 0 aliphatic carbocycles. The molecule has 20 heavy (non-hydrogen) atoms. The molecule has 0 saturated carbocycles. The highest BCUT2D eigenvalue weighted by Crippen LogP contribution is 2.34. The van der Waals surface area contributed by atoms with Crippen LogP contribution < -0.4 is 0 Å². The Morgan fingerprint density at radius 1 is 1.00 bits per heavy atom. The zero-order chi connectivity index (χ0) is 14.8. The number of halogens is 3. The van der Waals surface area contributed by atoms with Crippen LogP contribution in [0.1, 0.15) is 42.0 Å². The van der Waals surface area contributed by atoms with Crippen molar-refractivity contribution >= 4 is 0 Å². The number of hydrogen-bond acceptors (Lipinski definition) is 0. The lowest BCUT2D eigenvalue weighted by atomic mass is 9.93. The van der Waals surface area contributed by atoms with Gasteiger partial charge in [0.1, 0.15) is 0 Å². The van der Waals surface area contributed by atoms with Crippen molar-refractivity contribution in [3.63, 3.8) is 0 Å². The van der Waals surface area contributed by atoms with Crippen molar-refractivity contribution in [1.82, 2.24) is 0 Å². The summed E-state index contributed by atoms with van der Waals surface area (Å²) >= 11 is 0. The molecule has 0 spiro atoms. The standard InChI is InChI=1S/C17H16F3/c1-12(2)14-8-9-16(17(18,19)20)15(11-14)10-13-6-4-3-5-7-13/h3-9,12H,10H2,1-2H3. The van der Waals surface area contributed by atoms with E-state index in [0.717, 1.165) is 11.1 Å². The third kappa shape index (κ3) is 3.41. The van der Waals surface area contributed by atoms with Crippen LogP contribution in [0.2, 0.25) is 0 Å². The number of alkyl halides is 3. The molecule has 2 aromatic rings. The Kier molecular flexibility index (Phi) is 4.17. The minimum absolute atomic E-state index is 0.159. The molecule has 0 aliphatic heterocycles. The maximum Gasteiger partial charge on any atom is 0.416 e. The van der Waals surface area contributed by atoms with Gasteiger partial charge in [-0.05, 0) is 41.2 Å². The number of benzene rings is 2. The van der Waals surface area contributed by atoms with Crippen molar-refractivity contribution in [2.24, 2.45) is 0 Å². The first-order valence-corrected chi connectivity index (χ1v) is 6.54. The third-order valence-electron chi connectivity index (χ3n) is 3.20. The van der Waals surface area contributed by atoms with E-state index >= 15 is 0 Å². The van der Waals surface area contributed by atoms with Gasteiger partial charge in [0.2, 0.25) is 0 Å². The van der Waals surface area contributed by atoms with E-state index in [9.17, 15) is 13.2 Å². The summed E-state index contributed by atoms with van der Waals surface area (Å²) in [4.78, 5) is 0. The van der Waals surface area contributed by atoms with Gasteiger partial charge in [0, 0.05) is 0 Å². The molecule has 0 saturated heterocycles. The summed E-state index contributed by atoms with van der Waals surface area (Å²) < 4.78 is 39.2. The van der Waals surface area contributed by atoms with Gasteiger partial charge < -0.3 is 0 Å². The molecule has 0 heterocycles. The fraction of sp³-hybridized carbons (Fsp3) is 0.294. The van der Waals surface area contributed by atoms with Crippen LogP contribution >= 0.6 is 0 Å². The zero-order valence-electron chi connectivity index (χ0n) is 11.5. The summed E-state index contributed by atoms with van der Waals surface area (Å²) in [5.74, 6) is 0.159. The minimum atomic E-state index is -4.34. The smallest absolute Gasteiger partial charge is 0.166 e. The van der Waals surface area contributed by atoms with E-state index in [2.05, 4.69) is 6.07 Å². The van der Waals surface area contributed by atoms with Crippen molar-refractivity contribution in [3.8, 4) is 0 Å². The summed E-state index contributed by atoms with van der Waals surface area (Å²) in [6.07, 6.45) is -4.09. The first-order chi connectivity index (χ1) is 9.38. The SMILES string of the molecule is CC(C)c1[c]c(Cc2ccccc2)c(C(F)(F)F)cc1. The molecular formula is C17H16F3. The lowest BCUT2D eigenvalue weighted by Crippen LogP contribution is -2.10. The second kappa shape index (κ2) is 5.70. The van der Waals surface area contributed by atoms with Gasteiger partial charge >= 0.3 is 6.18 Å². The van der Waals surface area contributed by atoms with Crippen LogP contribution in [0, 0.1) is 6.07 Å². The molecule has 0 fully saturated rings. The molecule has 0 nitrogen and oxygen atoms in total. The van der Waals surface area contributed by atoms with E-state index in [-0.39, 0.29) is 17.9 Å². The molecule has 0 aliphatic rings. The van der Waals surface area contributed by atoms with Crippen LogP contribution in [0.5, 0.6) is 0 Å². The van der Waals surface area contributed by atoms with Gasteiger partial charge in [-0.25, -0.2) is 0 Å². The molecule has 0 N–H and O–H groups in total. The van der Waals surface area contributed by atoms with E-state index < -0.39 is 11.7 Å². The van der Waals surface area contributed by atoms with E-state index in [1.807, 2.05) is 44.2 Å². The zero-order valence-corrected chi connectivity index (χ0v) is 11.5. The average Bonchev–Trinajstić information content (AvgIpc) is 2.38. The second-order valence-electron chi connectivity index (χ2n) is 5.12. The van der Waals surface area contributed by atoms with Crippen molar-refractivity contribution in [3.05, 3.63) is 70.8 Å². The van der Waals surface area contributed by atoms with Gasteiger partial charge in [0.15, 0.2) is 0 Å².